The number of aryl methyl sites for hydroxylation is 1. The van der Waals surface area contributed by atoms with Crippen LogP contribution < -0.4 is 21.1 Å². The van der Waals surface area contributed by atoms with E-state index in [-0.39, 0.29) is 46.8 Å². The highest BCUT2D eigenvalue weighted by Gasteiger charge is 2.23. The number of rotatable bonds is 4. The molecule has 1 aliphatic rings. The molecular formula is C23H25N7OS. The number of benzene rings is 1. The Kier molecular flexibility index (Phi) is 3.60. The smallest absolute Gasteiger partial charge is 0.222 e. The van der Waals surface area contributed by atoms with Gasteiger partial charge in [0.25, 0.3) is 0 Å². The van der Waals surface area contributed by atoms with Crippen molar-refractivity contribution >= 4 is 38.6 Å². The van der Waals surface area contributed by atoms with E-state index >= 15 is 0 Å². The lowest BCUT2D eigenvalue weighted by atomic mass is 10.0. The van der Waals surface area contributed by atoms with E-state index in [0.29, 0.717) is 38.9 Å². The Balaban J connectivity index is 1.64. The SMILES string of the molecule is [2H]c1nc2sc(N([2H])[2H])nc2c([2H])c1-c1ccc2c(c1)CN(c1nc(N)nc(C)c1C(C)C)C([2H])C([2H])O2. The van der Waals surface area contributed by atoms with Gasteiger partial charge in [0, 0.05) is 35.1 Å². The molecule has 164 valence electrons. The summed E-state index contributed by atoms with van der Waals surface area (Å²) in [6.07, 6.45) is -0.136. The molecule has 0 saturated carbocycles. The topological polar surface area (TPSA) is 116 Å². The zero-order valence-corrected chi connectivity index (χ0v) is 18.6. The largest absolute Gasteiger partial charge is 0.491 e. The number of hydrogen-bond acceptors (Lipinski definition) is 9. The van der Waals surface area contributed by atoms with Crippen molar-refractivity contribution in [3.63, 3.8) is 0 Å². The summed E-state index contributed by atoms with van der Waals surface area (Å²) in [4.78, 5) is 19.2. The highest BCUT2D eigenvalue weighted by Crippen LogP contribution is 2.35. The standard InChI is InChI=1S/C23H25N7OS/c1-12(2)19-13(3)27-22(24)29-20(19)30-6-7-31-18-5-4-14(8-16(18)11-30)15-9-17-21(26-10-15)32-23(25)28-17/h4-5,8-10,12H,6-7,11H2,1-3H3,(H2,25,28)(H2,24,27,29)/i6D,7D,9D,10D/hD2. The Labute approximate surface area is 198 Å². The molecule has 0 bridgehead atoms. The van der Waals surface area contributed by atoms with Crippen LogP contribution in [0.4, 0.5) is 16.9 Å². The summed E-state index contributed by atoms with van der Waals surface area (Å²) in [5.74, 6) is 1.01. The van der Waals surface area contributed by atoms with Gasteiger partial charge in [-0.2, -0.15) is 4.98 Å². The average Bonchev–Trinajstić information content (AvgIpc) is 3.22. The Morgan fingerprint density at radius 3 is 2.97 bits per heavy atom. The van der Waals surface area contributed by atoms with Crippen molar-refractivity contribution in [2.45, 2.75) is 33.2 Å². The summed E-state index contributed by atoms with van der Waals surface area (Å²) in [5.41, 5.74) is 9.47. The maximum absolute atomic E-state index is 8.78. The summed E-state index contributed by atoms with van der Waals surface area (Å²) in [6.45, 7) is 3.67. The van der Waals surface area contributed by atoms with Gasteiger partial charge in [-0.05, 0) is 36.6 Å². The van der Waals surface area contributed by atoms with Crippen molar-refractivity contribution in [2.75, 3.05) is 29.5 Å². The van der Waals surface area contributed by atoms with Crippen molar-refractivity contribution in [2.24, 2.45) is 0 Å². The van der Waals surface area contributed by atoms with Crippen LogP contribution in [0.25, 0.3) is 21.5 Å². The molecule has 0 saturated heterocycles. The number of nitrogens with two attached hydrogens (primary N) is 2. The molecule has 4 N–H and O–H groups in total. The summed E-state index contributed by atoms with van der Waals surface area (Å²) in [5, 5.41) is 0.0480. The molecule has 2 atom stereocenters. The van der Waals surface area contributed by atoms with Crippen LogP contribution in [0.15, 0.2) is 30.4 Å². The van der Waals surface area contributed by atoms with Crippen molar-refractivity contribution in [1.29, 1.82) is 0 Å². The Morgan fingerprint density at radius 2 is 2.16 bits per heavy atom. The molecule has 0 fully saturated rings. The minimum atomic E-state index is -1.23. The van der Waals surface area contributed by atoms with E-state index in [2.05, 4.69) is 19.9 Å². The molecule has 32 heavy (non-hydrogen) atoms. The molecule has 3 aromatic heterocycles. The van der Waals surface area contributed by atoms with Crippen LogP contribution in [0, 0.1) is 6.92 Å². The van der Waals surface area contributed by atoms with Crippen LogP contribution in [0.5, 0.6) is 5.75 Å². The molecule has 2 unspecified atom stereocenters. The summed E-state index contributed by atoms with van der Waals surface area (Å²) < 4.78 is 55.2. The molecule has 8 nitrogen and oxygen atoms in total. The number of thiazole rings is 1. The maximum Gasteiger partial charge on any atom is 0.222 e. The van der Waals surface area contributed by atoms with Gasteiger partial charge in [0.05, 0.1) is 12.0 Å². The third kappa shape index (κ3) is 3.69. The number of ether oxygens (including phenoxy) is 1. The van der Waals surface area contributed by atoms with Gasteiger partial charge >= 0.3 is 0 Å². The molecule has 0 radical (unpaired) electrons. The van der Waals surface area contributed by atoms with Crippen molar-refractivity contribution < 1.29 is 13.0 Å². The van der Waals surface area contributed by atoms with Gasteiger partial charge in [-0.25, -0.2) is 15.0 Å². The van der Waals surface area contributed by atoms with Crippen LogP contribution in [-0.4, -0.2) is 33.0 Å². The van der Waals surface area contributed by atoms with Crippen molar-refractivity contribution in [3.8, 4) is 16.9 Å². The van der Waals surface area contributed by atoms with E-state index in [1.54, 1.807) is 23.1 Å². The maximum atomic E-state index is 8.78. The van der Waals surface area contributed by atoms with Gasteiger partial charge in [0.1, 0.15) is 28.5 Å². The minimum absolute atomic E-state index is 0.0336. The van der Waals surface area contributed by atoms with Gasteiger partial charge in [-0.3, -0.25) is 0 Å². The van der Waals surface area contributed by atoms with E-state index in [4.69, 9.17) is 18.8 Å². The summed E-state index contributed by atoms with van der Waals surface area (Å²) in [6, 6.07) is 5.07. The first-order chi connectivity index (χ1) is 18.0. The van der Waals surface area contributed by atoms with E-state index in [9.17, 15) is 0 Å². The van der Waals surface area contributed by atoms with E-state index in [1.165, 1.54) is 0 Å². The van der Waals surface area contributed by atoms with Gasteiger partial charge < -0.3 is 21.1 Å². The quantitative estimate of drug-likeness (QED) is 0.473. The third-order valence-electron chi connectivity index (χ3n) is 5.22. The normalized spacial score (nSPS) is 20.9. The van der Waals surface area contributed by atoms with Crippen LogP contribution in [0.3, 0.4) is 0 Å². The lowest BCUT2D eigenvalue weighted by Gasteiger charge is -2.26. The van der Waals surface area contributed by atoms with E-state index in [1.807, 2.05) is 20.8 Å². The molecule has 9 heteroatoms. The summed E-state index contributed by atoms with van der Waals surface area (Å²) in [7, 11) is 0. The third-order valence-corrected chi connectivity index (χ3v) is 5.97. The van der Waals surface area contributed by atoms with Crippen LogP contribution in [-0.2, 0) is 6.54 Å². The second-order valence-corrected chi connectivity index (χ2v) is 8.74. The Bertz CT molecular complexity index is 1550. The predicted molar refractivity (Wildman–Crippen MR) is 129 cm³/mol. The number of hydrogen-bond donors (Lipinski definition) is 2. The second-order valence-electron chi connectivity index (χ2n) is 7.79. The fourth-order valence-electron chi connectivity index (χ4n) is 3.86. The number of nitrogen functional groups attached to an aromatic ring is 2. The molecule has 5 rings (SSSR count). The predicted octanol–water partition coefficient (Wildman–Crippen LogP) is 4.14. The van der Waals surface area contributed by atoms with Gasteiger partial charge in [0.15, 0.2) is 7.96 Å². The average molecular weight is 454 g/mol. The molecule has 4 heterocycles. The monoisotopic (exact) mass is 453 g/mol. The van der Waals surface area contributed by atoms with Gasteiger partial charge in [-0.1, -0.05) is 31.3 Å². The lowest BCUT2D eigenvalue weighted by Crippen LogP contribution is -2.28. The molecule has 1 aliphatic heterocycles. The number of pyridine rings is 1. The molecule has 1 aromatic carbocycles. The zero-order chi connectivity index (χ0) is 27.5. The first-order valence-corrected chi connectivity index (χ1v) is 10.9. The number of aromatic nitrogens is 4. The number of fused-ring (bicyclic) bond motifs is 2. The van der Waals surface area contributed by atoms with Gasteiger partial charge in [0.2, 0.25) is 5.95 Å². The van der Waals surface area contributed by atoms with Crippen molar-refractivity contribution in [3.05, 3.63) is 47.2 Å². The van der Waals surface area contributed by atoms with Gasteiger partial charge in [-0.15, -0.1) is 0 Å². The van der Waals surface area contributed by atoms with Crippen molar-refractivity contribution in [1.82, 2.24) is 19.9 Å². The Morgan fingerprint density at radius 1 is 1.28 bits per heavy atom. The zero-order valence-electron chi connectivity index (χ0n) is 23.7. The van der Waals surface area contributed by atoms with Crippen LogP contribution in [0.1, 0.15) is 42.1 Å². The van der Waals surface area contributed by atoms with Crippen LogP contribution >= 0.6 is 11.3 Å². The first-order valence-electron chi connectivity index (χ1n) is 13.1. The number of anilines is 3. The fraction of sp³-hybridized carbons (Fsp3) is 0.304. The fourth-order valence-corrected chi connectivity index (χ4v) is 4.46. The second kappa shape index (κ2) is 7.90. The Hall–Kier alpha value is -3.46. The highest BCUT2D eigenvalue weighted by atomic mass is 32.1. The lowest BCUT2D eigenvalue weighted by molar-refractivity contribution is 0.331. The van der Waals surface area contributed by atoms with Crippen LogP contribution in [0.2, 0.25) is 2.82 Å². The molecule has 0 amide bonds. The number of nitrogens with zero attached hydrogens (tertiary/aromatic N) is 5. The van der Waals surface area contributed by atoms with E-state index in [0.717, 1.165) is 16.9 Å². The molecular weight excluding hydrogens is 422 g/mol. The van der Waals surface area contributed by atoms with E-state index < -0.39 is 13.1 Å². The molecule has 0 aliphatic carbocycles. The molecule has 4 aromatic rings. The molecule has 0 spiro atoms. The highest BCUT2D eigenvalue weighted by molar-refractivity contribution is 7.21. The minimum Gasteiger partial charge on any atom is -0.491 e. The first kappa shape index (κ1) is 14.6. The summed E-state index contributed by atoms with van der Waals surface area (Å²) >= 11 is 0.965.